The number of hydrogen-bond donors (Lipinski definition) is 1. The molecule has 0 aliphatic carbocycles. The van der Waals surface area contributed by atoms with Crippen LogP contribution in [0.4, 0.5) is 0 Å². The van der Waals surface area contributed by atoms with Gasteiger partial charge in [-0.3, -0.25) is 0 Å². The van der Waals surface area contributed by atoms with Crippen LogP contribution in [0.3, 0.4) is 0 Å². The van der Waals surface area contributed by atoms with Gasteiger partial charge >= 0.3 is 0 Å². The topological polar surface area (TPSA) is 23.8 Å². The van der Waals surface area contributed by atoms with Crippen LogP contribution in [0.15, 0.2) is 77.7 Å². The average molecular weight is 311 g/mol. The average Bonchev–Trinajstić information content (AvgIpc) is 2.61. The van der Waals surface area contributed by atoms with Crippen LogP contribution in [0.2, 0.25) is 0 Å². The fourth-order valence-corrected chi connectivity index (χ4v) is 3.55. The second-order valence-corrected chi connectivity index (χ2v) is 5.98. The van der Waals surface area contributed by atoms with Crippen molar-refractivity contribution in [3.63, 3.8) is 0 Å². The largest absolute Gasteiger partial charge is 0.192 e. The smallest absolute Gasteiger partial charge is 0.0998 e. The molecule has 0 amide bonds. The van der Waals surface area contributed by atoms with E-state index >= 15 is 0 Å². The van der Waals surface area contributed by atoms with Crippen molar-refractivity contribution in [2.24, 2.45) is 0 Å². The molecule has 0 aliphatic heterocycles. The molecule has 0 spiro atoms. The monoisotopic (exact) mass is 311 g/mol. The normalized spacial score (nSPS) is 10.8. The van der Waals surface area contributed by atoms with Gasteiger partial charge in [-0.25, -0.2) is 0 Å². The van der Waals surface area contributed by atoms with Gasteiger partial charge in [-0.2, -0.15) is 5.26 Å². The van der Waals surface area contributed by atoms with Crippen molar-refractivity contribution in [2.75, 3.05) is 0 Å². The maximum absolute atomic E-state index is 9.41. The van der Waals surface area contributed by atoms with Gasteiger partial charge in [0, 0.05) is 15.8 Å². The maximum atomic E-state index is 9.41. The molecule has 0 fully saturated rings. The minimum absolute atomic E-state index is 0.662. The molecule has 4 aromatic rings. The zero-order valence-corrected chi connectivity index (χ0v) is 13.2. The van der Waals surface area contributed by atoms with Crippen LogP contribution in [0.25, 0.3) is 32.7 Å². The SMILES string of the molecule is N#Cc1cc(S)c(-c2cccc3ccccc23)c2ccccc12. The molecule has 0 heterocycles. The molecule has 0 bridgehead atoms. The van der Waals surface area contributed by atoms with Gasteiger partial charge in [0.2, 0.25) is 0 Å². The second-order valence-electron chi connectivity index (χ2n) is 5.50. The molecule has 0 aliphatic rings. The standard InChI is InChI=1S/C21H13NS/c22-13-15-12-20(23)21(18-10-4-3-9-17(15)18)19-11-5-7-14-6-1-2-8-16(14)19/h1-12,23H. The molecule has 0 saturated heterocycles. The van der Waals surface area contributed by atoms with Gasteiger partial charge in [-0.1, -0.05) is 66.7 Å². The van der Waals surface area contributed by atoms with Crippen LogP contribution in [-0.4, -0.2) is 0 Å². The Labute approximate surface area is 140 Å². The molecular formula is C21H13NS. The highest BCUT2D eigenvalue weighted by atomic mass is 32.1. The highest BCUT2D eigenvalue weighted by Gasteiger charge is 2.13. The molecule has 1 nitrogen and oxygen atoms in total. The van der Waals surface area contributed by atoms with Crippen LogP contribution in [0.1, 0.15) is 5.56 Å². The Hall–Kier alpha value is -2.76. The summed E-state index contributed by atoms with van der Waals surface area (Å²) in [5.41, 5.74) is 2.89. The lowest BCUT2D eigenvalue weighted by atomic mass is 9.92. The maximum Gasteiger partial charge on any atom is 0.0998 e. The first kappa shape index (κ1) is 13.9. The van der Waals surface area contributed by atoms with Gasteiger partial charge in [0.05, 0.1) is 11.6 Å². The fourth-order valence-electron chi connectivity index (χ4n) is 3.18. The summed E-state index contributed by atoms with van der Waals surface area (Å²) in [6.07, 6.45) is 0. The zero-order valence-electron chi connectivity index (χ0n) is 12.3. The number of benzene rings is 4. The molecule has 0 unspecified atom stereocenters. The Balaban J connectivity index is 2.18. The number of fused-ring (bicyclic) bond motifs is 2. The van der Waals surface area contributed by atoms with E-state index in [0.29, 0.717) is 5.56 Å². The van der Waals surface area contributed by atoms with E-state index in [1.807, 2.05) is 30.3 Å². The van der Waals surface area contributed by atoms with E-state index in [2.05, 4.69) is 61.2 Å². The van der Waals surface area contributed by atoms with E-state index < -0.39 is 0 Å². The molecule has 0 saturated carbocycles. The Morgan fingerprint density at radius 1 is 0.739 bits per heavy atom. The van der Waals surface area contributed by atoms with Gasteiger partial charge in [-0.05, 0) is 27.8 Å². The molecular weight excluding hydrogens is 298 g/mol. The quantitative estimate of drug-likeness (QED) is 0.440. The van der Waals surface area contributed by atoms with Crippen LogP contribution in [0, 0.1) is 11.3 Å². The van der Waals surface area contributed by atoms with E-state index in [4.69, 9.17) is 0 Å². The van der Waals surface area contributed by atoms with Gasteiger partial charge in [0.1, 0.15) is 0 Å². The highest BCUT2D eigenvalue weighted by Crippen LogP contribution is 2.39. The van der Waals surface area contributed by atoms with E-state index in [1.54, 1.807) is 0 Å². The van der Waals surface area contributed by atoms with Crippen LogP contribution < -0.4 is 0 Å². The number of thiol groups is 1. The summed E-state index contributed by atoms with van der Waals surface area (Å²) in [6, 6.07) is 26.8. The van der Waals surface area contributed by atoms with Crippen molar-refractivity contribution in [2.45, 2.75) is 4.90 Å². The summed E-state index contributed by atoms with van der Waals surface area (Å²) in [5, 5.41) is 13.8. The number of nitriles is 1. The first-order valence-electron chi connectivity index (χ1n) is 7.42. The van der Waals surface area contributed by atoms with Gasteiger partial charge in [-0.15, -0.1) is 12.6 Å². The van der Waals surface area contributed by atoms with Gasteiger partial charge < -0.3 is 0 Å². The summed E-state index contributed by atoms with van der Waals surface area (Å²) in [7, 11) is 0. The molecule has 23 heavy (non-hydrogen) atoms. The molecule has 0 N–H and O–H groups in total. The molecule has 4 aromatic carbocycles. The number of rotatable bonds is 1. The van der Waals surface area contributed by atoms with Crippen LogP contribution in [-0.2, 0) is 0 Å². The lowest BCUT2D eigenvalue weighted by Gasteiger charge is -2.14. The number of nitrogens with zero attached hydrogens (tertiary/aromatic N) is 1. The Morgan fingerprint density at radius 3 is 2.17 bits per heavy atom. The van der Waals surface area contributed by atoms with Crippen molar-refractivity contribution in [3.05, 3.63) is 78.4 Å². The Kier molecular flexibility index (Phi) is 3.29. The predicted octanol–water partition coefficient (Wildman–Crippen LogP) is 5.82. The van der Waals surface area contributed by atoms with Crippen molar-refractivity contribution in [3.8, 4) is 17.2 Å². The first-order chi connectivity index (χ1) is 11.3. The zero-order chi connectivity index (χ0) is 15.8. The molecule has 2 heteroatoms. The van der Waals surface area contributed by atoms with Crippen LogP contribution in [0.5, 0.6) is 0 Å². The van der Waals surface area contributed by atoms with E-state index in [9.17, 15) is 5.26 Å². The third-order valence-corrected chi connectivity index (χ3v) is 4.56. The molecule has 4 rings (SSSR count). The summed E-state index contributed by atoms with van der Waals surface area (Å²) in [4.78, 5) is 0.830. The molecule has 0 atom stereocenters. The van der Waals surface area contributed by atoms with Gasteiger partial charge in [0.25, 0.3) is 0 Å². The van der Waals surface area contributed by atoms with Crippen molar-refractivity contribution in [1.29, 1.82) is 5.26 Å². The third kappa shape index (κ3) is 2.18. The molecule has 108 valence electrons. The van der Waals surface area contributed by atoms with E-state index in [-0.39, 0.29) is 0 Å². The van der Waals surface area contributed by atoms with Gasteiger partial charge in [0.15, 0.2) is 0 Å². The Morgan fingerprint density at radius 2 is 1.39 bits per heavy atom. The summed E-state index contributed by atoms with van der Waals surface area (Å²) in [6.45, 7) is 0. The second kappa shape index (κ2) is 5.46. The summed E-state index contributed by atoms with van der Waals surface area (Å²) >= 11 is 4.68. The van der Waals surface area contributed by atoms with Crippen LogP contribution >= 0.6 is 12.6 Å². The predicted molar refractivity (Wildman–Crippen MR) is 98.9 cm³/mol. The molecule has 0 aromatic heterocycles. The molecule has 0 radical (unpaired) electrons. The third-order valence-electron chi connectivity index (χ3n) is 4.20. The number of hydrogen-bond acceptors (Lipinski definition) is 2. The van der Waals surface area contributed by atoms with E-state index in [0.717, 1.165) is 26.8 Å². The Bertz CT molecular complexity index is 1080. The van der Waals surface area contributed by atoms with Crippen molar-refractivity contribution in [1.82, 2.24) is 0 Å². The van der Waals surface area contributed by atoms with E-state index in [1.165, 1.54) is 10.8 Å². The van der Waals surface area contributed by atoms with Crippen molar-refractivity contribution < 1.29 is 0 Å². The minimum Gasteiger partial charge on any atom is -0.192 e. The fraction of sp³-hybridized carbons (Fsp3) is 0. The lowest BCUT2D eigenvalue weighted by Crippen LogP contribution is -1.89. The lowest BCUT2D eigenvalue weighted by molar-refractivity contribution is 1.45. The highest BCUT2D eigenvalue weighted by molar-refractivity contribution is 7.80. The van der Waals surface area contributed by atoms with Crippen molar-refractivity contribution >= 4 is 34.2 Å². The minimum atomic E-state index is 0.662. The summed E-state index contributed by atoms with van der Waals surface area (Å²) < 4.78 is 0. The summed E-state index contributed by atoms with van der Waals surface area (Å²) in [5.74, 6) is 0. The first-order valence-corrected chi connectivity index (χ1v) is 7.87.